The minimum Gasteiger partial charge on any atom is -0.394 e. The molecular weight excluding hydrogens is 264 g/mol. The van der Waals surface area contributed by atoms with Crippen LogP contribution in [0.25, 0.3) is 0 Å². The van der Waals surface area contributed by atoms with E-state index in [1.165, 1.54) is 0 Å². The molecular formula is C14H20O6. The molecule has 6 nitrogen and oxygen atoms in total. The maximum absolute atomic E-state index is 9.64. The molecule has 1 saturated heterocycles. The van der Waals surface area contributed by atoms with Crippen molar-refractivity contribution >= 4 is 0 Å². The third kappa shape index (κ3) is 3.99. The van der Waals surface area contributed by atoms with Crippen molar-refractivity contribution in [3.63, 3.8) is 0 Å². The van der Waals surface area contributed by atoms with Crippen molar-refractivity contribution in [1.82, 2.24) is 0 Å². The largest absolute Gasteiger partial charge is 0.394 e. The SMILES string of the molecule is OC[C@H]1O[C@@H](OCCOCc2ccccc2)C(O)C1O. The lowest BCUT2D eigenvalue weighted by Gasteiger charge is -2.15. The van der Waals surface area contributed by atoms with Crippen molar-refractivity contribution in [3.8, 4) is 0 Å². The second-order valence-electron chi connectivity index (χ2n) is 4.62. The zero-order valence-electron chi connectivity index (χ0n) is 11.1. The van der Waals surface area contributed by atoms with Crippen molar-refractivity contribution in [3.05, 3.63) is 35.9 Å². The molecule has 4 atom stereocenters. The minimum atomic E-state index is -1.15. The highest BCUT2D eigenvalue weighted by molar-refractivity contribution is 5.13. The first-order valence-corrected chi connectivity index (χ1v) is 6.58. The van der Waals surface area contributed by atoms with E-state index >= 15 is 0 Å². The van der Waals surface area contributed by atoms with E-state index in [1.807, 2.05) is 30.3 Å². The van der Waals surface area contributed by atoms with Crippen LogP contribution in [0.2, 0.25) is 0 Å². The zero-order valence-corrected chi connectivity index (χ0v) is 11.1. The summed E-state index contributed by atoms with van der Waals surface area (Å²) < 4.78 is 15.9. The monoisotopic (exact) mass is 284 g/mol. The number of hydrogen-bond acceptors (Lipinski definition) is 6. The van der Waals surface area contributed by atoms with Gasteiger partial charge in [0.15, 0.2) is 6.29 Å². The lowest BCUT2D eigenvalue weighted by atomic mass is 10.1. The van der Waals surface area contributed by atoms with E-state index in [0.29, 0.717) is 13.2 Å². The van der Waals surface area contributed by atoms with Crippen LogP contribution in [-0.4, -0.2) is 59.7 Å². The fourth-order valence-electron chi connectivity index (χ4n) is 1.99. The van der Waals surface area contributed by atoms with E-state index in [9.17, 15) is 10.2 Å². The number of aliphatic hydroxyl groups excluding tert-OH is 3. The van der Waals surface area contributed by atoms with Gasteiger partial charge in [-0.25, -0.2) is 0 Å². The molecule has 3 N–H and O–H groups in total. The van der Waals surface area contributed by atoms with Crippen LogP contribution in [0, 0.1) is 0 Å². The van der Waals surface area contributed by atoms with Crippen LogP contribution < -0.4 is 0 Å². The predicted molar refractivity (Wildman–Crippen MR) is 69.8 cm³/mol. The van der Waals surface area contributed by atoms with Gasteiger partial charge in [-0.05, 0) is 5.56 Å². The summed E-state index contributed by atoms with van der Waals surface area (Å²) in [6.45, 7) is 0.712. The van der Waals surface area contributed by atoms with Gasteiger partial charge in [-0.2, -0.15) is 0 Å². The van der Waals surface area contributed by atoms with Gasteiger partial charge in [0, 0.05) is 0 Å². The molecule has 0 amide bonds. The van der Waals surface area contributed by atoms with E-state index in [0.717, 1.165) is 5.56 Å². The third-order valence-corrected chi connectivity index (χ3v) is 3.12. The Balaban J connectivity index is 1.62. The summed E-state index contributed by atoms with van der Waals surface area (Å²) in [5, 5.41) is 28.1. The first-order chi connectivity index (χ1) is 9.72. The summed E-state index contributed by atoms with van der Waals surface area (Å²) in [5.41, 5.74) is 1.07. The molecule has 1 aliphatic rings. The smallest absolute Gasteiger partial charge is 0.186 e. The van der Waals surface area contributed by atoms with Gasteiger partial charge in [-0.1, -0.05) is 30.3 Å². The fraction of sp³-hybridized carbons (Fsp3) is 0.571. The quantitative estimate of drug-likeness (QED) is 0.594. The molecule has 0 spiro atoms. The van der Waals surface area contributed by atoms with E-state index in [-0.39, 0.29) is 13.2 Å². The van der Waals surface area contributed by atoms with Crippen molar-refractivity contribution in [1.29, 1.82) is 0 Å². The highest BCUT2D eigenvalue weighted by Gasteiger charge is 2.42. The minimum absolute atomic E-state index is 0.236. The topological polar surface area (TPSA) is 88.4 Å². The molecule has 0 saturated carbocycles. The summed E-state index contributed by atoms with van der Waals surface area (Å²) in [5.74, 6) is 0. The standard InChI is InChI=1S/C14H20O6/c15-8-11-12(16)13(17)14(20-11)19-7-6-18-9-10-4-2-1-3-5-10/h1-5,11-17H,6-9H2/t11-,12?,13?,14-/m1/s1. The van der Waals surface area contributed by atoms with E-state index in [1.54, 1.807) is 0 Å². The van der Waals surface area contributed by atoms with Gasteiger partial charge < -0.3 is 29.5 Å². The lowest BCUT2D eigenvalue weighted by molar-refractivity contribution is -0.175. The molecule has 20 heavy (non-hydrogen) atoms. The van der Waals surface area contributed by atoms with Crippen LogP contribution in [0.15, 0.2) is 30.3 Å². The second-order valence-corrected chi connectivity index (χ2v) is 4.62. The molecule has 2 rings (SSSR count). The van der Waals surface area contributed by atoms with Crippen LogP contribution in [0.3, 0.4) is 0 Å². The number of aliphatic hydroxyl groups is 3. The summed E-state index contributed by atoms with van der Waals surface area (Å²) >= 11 is 0. The van der Waals surface area contributed by atoms with E-state index in [4.69, 9.17) is 19.3 Å². The molecule has 0 aliphatic carbocycles. The average molecular weight is 284 g/mol. The van der Waals surface area contributed by atoms with Crippen LogP contribution in [-0.2, 0) is 20.8 Å². The summed E-state index contributed by atoms with van der Waals surface area (Å²) in [6.07, 6.45) is -4.01. The Morgan fingerprint density at radius 1 is 1.05 bits per heavy atom. The molecule has 1 aromatic rings. The molecule has 1 fully saturated rings. The Bertz CT molecular complexity index is 385. The summed E-state index contributed by atoms with van der Waals surface area (Å²) in [7, 11) is 0. The third-order valence-electron chi connectivity index (χ3n) is 3.12. The van der Waals surface area contributed by atoms with Gasteiger partial charge in [-0.3, -0.25) is 0 Å². The van der Waals surface area contributed by atoms with Crippen molar-refractivity contribution < 1.29 is 29.5 Å². The number of hydrogen-bond donors (Lipinski definition) is 3. The fourth-order valence-corrected chi connectivity index (χ4v) is 1.99. The molecule has 2 unspecified atom stereocenters. The van der Waals surface area contributed by atoms with Gasteiger partial charge >= 0.3 is 0 Å². The van der Waals surface area contributed by atoms with Gasteiger partial charge in [0.2, 0.25) is 0 Å². The van der Waals surface area contributed by atoms with Gasteiger partial charge in [0.1, 0.15) is 18.3 Å². The van der Waals surface area contributed by atoms with Gasteiger partial charge in [-0.15, -0.1) is 0 Å². The summed E-state index contributed by atoms with van der Waals surface area (Å²) in [6, 6.07) is 9.75. The summed E-state index contributed by atoms with van der Waals surface area (Å²) in [4.78, 5) is 0. The highest BCUT2D eigenvalue weighted by atomic mass is 16.7. The van der Waals surface area contributed by atoms with Crippen molar-refractivity contribution in [2.24, 2.45) is 0 Å². The second kappa shape index (κ2) is 7.68. The molecule has 1 heterocycles. The van der Waals surface area contributed by atoms with E-state index < -0.39 is 24.6 Å². The highest BCUT2D eigenvalue weighted by Crippen LogP contribution is 2.21. The molecule has 0 aromatic heterocycles. The van der Waals surface area contributed by atoms with Crippen LogP contribution in [0.1, 0.15) is 5.56 Å². The van der Waals surface area contributed by atoms with Crippen LogP contribution in [0.5, 0.6) is 0 Å². The first-order valence-electron chi connectivity index (χ1n) is 6.58. The number of benzene rings is 1. The van der Waals surface area contributed by atoms with Crippen LogP contribution in [0.4, 0.5) is 0 Å². The Kier molecular flexibility index (Phi) is 5.90. The average Bonchev–Trinajstić information content (AvgIpc) is 2.76. The van der Waals surface area contributed by atoms with E-state index in [2.05, 4.69) is 0 Å². The molecule has 112 valence electrons. The maximum Gasteiger partial charge on any atom is 0.186 e. The molecule has 0 bridgehead atoms. The number of ether oxygens (including phenoxy) is 3. The Morgan fingerprint density at radius 2 is 1.80 bits per heavy atom. The lowest BCUT2D eigenvalue weighted by Crippen LogP contribution is -2.34. The first kappa shape index (κ1) is 15.4. The molecule has 0 radical (unpaired) electrons. The van der Waals surface area contributed by atoms with Crippen LogP contribution >= 0.6 is 0 Å². The molecule has 6 heteroatoms. The Hall–Kier alpha value is -1.02. The number of rotatable bonds is 7. The molecule has 1 aromatic carbocycles. The molecule has 1 aliphatic heterocycles. The van der Waals surface area contributed by atoms with Gasteiger partial charge in [0.25, 0.3) is 0 Å². The Labute approximate surface area is 117 Å². The Morgan fingerprint density at radius 3 is 2.45 bits per heavy atom. The normalized spacial score (nSPS) is 29.8. The van der Waals surface area contributed by atoms with Crippen molar-refractivity contribution in [2.75, 3.05) is 19.8 Å². The van der Waals surface area contributed by atoms with Crippen molar-refractivity contribution in [2.45, 2.75) is 31.2 Å². The maximum atomic E-state index is 9.64. The predicted octanol–water partition coefficient (Wildman–Crippen LogP) is -0.341. The zero-order chi connectivity index (χ0) is 14.4. The van der Waals surface area contributed by atoms with Gasteiger partial charge in [0.05, 0.1) is 26.4 Å².